The third-order valence-electron chi connectivity index (χ3n) is 2.35. The van der Waals surface area contributed by atoms with Crippen LogP contribution in [-0.2, 0) is 0 Å². The minimum Gasteiger partial charge on any atom is -0.481 e. The lowest BCUT2D eigenvalue weighted by Crippen LogP contribution is -1.90. The van der Waals surface area contributed by atoms with Crippen molar-refractivity contribution in [3.8, 4) is 5.88 Å². The van der Waals surface area contributed by atoms with Crippen LogP contribution in [0.25, 0.3) is 0 Å². The summed E-state index contributed by atoms with van der Waals surface area (Å²) in [5.74, 6) is 0.692. The van der Waals surface area contributed by atoms with Crippen molar-refractivity contribution in [2.75, 3.05) is 7.11 Å². The average Bonchev–Trinajstić information content (AvgIpc) is 2.26. The Bertz CT molecular complexity index is 485. The number of halogens is 1. The second-order valence-corrected chi connectivity index (χ2v) is 4.82. The van der Waals surface area contributed by atoms with Crippen LogP contribution in [-0.4, -0.2) is 17.1 Å². The van der Waals surface area contributed by atoms with Gasteiger partial charge in [0.25, 0.3) is 0 Å². The summed E-state index contributed by atoms with van der Waals surface area (Å²) >= 11 is 5.64. The molecule has 19 heavy (non-hydrogen) atoms. The largest absolute Gasteiger partial charge is 0.481 e. The Labute approximate surface area is 119 Å². The topological polar surface area (TPSA) is 35.0 Å². The molecule has 0 saturated carbocycles. The van der Waals surface area contributed by atoms with Crippen LogP contribution in [0.1, 0.15) is 22.5 Å². The fourth-order valence-electron chi connectivity index (χ4n) is 1.70. The maximum Gasteiger partial charge on any atom is 0.213 e. The Morgan fingerprint density at radius 2 is 1.37 bits per heavy atom. The average molecular weight is 279 g/mol. The van der Waals surface area contributed by atoms with Gasteiger partial charge in [0.15, 0.2) is 0 Å². The van der Waals surface area contributed by atoms with E-state index < -0.39 is 0 Å². The maximum atomic E-state index is 5.64. The van der Waals surface area contributed by atoms with Gasteiger partial charge in [0, 0.05) is 17.5 Å². The molecular formula is C15H19ClN2O. The molecule has 0 unspecified atom stereocenters. The van der Waals surface area contributed by atoms with E-state index >= 15 is 0 Å². The molecule has 0 saturated heterocycles. The fourth-order valence-corrected chi connectivity index (χ4v) is 2.01. The van der Waals surface area contributed by atoms with Crippen molar-refractivity contribution in [3.63, 3.8) is 0 Å². The molecule has 0 atom stereocenters. The molecule has 4 heteroatoms. The summed E-state index contributed by atoms with van der Waals surface area (Å²) in [6, 6.07) is 7.76. The third-order valence-corrected chi connectivity index (χ3v) is 2.54. The smallest absolute Gasteiger partial charge is 0.213 e. The third kappa shape index (κ3) is 5.71. The molecule has 0 aliphatic carbocycles. The van der Waals surface area contributed by atoms with Gasteiger partial charge in [0.2, 0.25) is 5.88 Å². The second-order valence-electron chi connectivity index (χ2n) is 4.44. The first-order valence-corrected chi connectivity index (χ1v) is 6.38. The SMILES string of the molecule is COc1cc(C)cc(C)n1.Cc1cc(C)nc(Cl)c1. The van der Waals surface area contributed by atoms with Crippen LogP contribution in [0.4, 0.5) is 0 Å². The molecule has 0 radical (unpaired) electrons. The van der Waals surface area contributed by atoms with E-state index in [-0.39, 0.29) is 0 Å². The summed E-state index contributed by atoms with van der Waals surface area (Å²) in [4.78, 5) is 8.13. The van der Waals surface area contributed by atoms with E-state index in [0.717, 1.165) is 17.0 Å². The van der Waals surface area contributed by atoms with Gasteiger partial charge < -0.3 is 4.74 Å². The monoisotopic (exact) mass is 278 g/mol. The number of hydrogen-bond donors (Lipinski definition) is 0. The zero-order valence-corrected chi connectivity index (χ0v) is 12.7. The molecule has 3 nitrogen and oxygen atoms in total. The van der Waals surface area contributed by atoms with E-state index in [1.807, 2.05) is 52.0 Å². The molecule has 102 valence electrons. The molecule has 0 N–H and O–H groups in total. The van der Waals surface area contributed by atoms with Gasteiger partial charge in [0.05, 0.1) is 7.11 Å². The Morgan fingerprint density at radius 1 is 0.842 bits per heavy atom. The van der Waals surface area contributed by atoms with Crippen LogP contribution in [0.15, 0.2) is 24.3 Å². The summed E-state index contributed by atoms with van der Waals surface area (Å²) in [7, 11) is 1.63. The summed E-state index contributed by atoms with van der Waals surface area (Å²) in [6.07, 6.45) is 0. The van der Waals surface area contributed by atoms with Gasteiger partial charge in [-0.2, -0.15) is 0 Å². The van der Waals surface area contributed by atoms with Gasteiger partial charge in [-0.3, -0.25) is 0 Å². The molecule has 0 fully saturated rings. The van der Waals surface area contributed by atoms with Crippen molar-refractivity contribution in [1.82, 2.24) is 9.97 Å². The van der Waals surface area contributed by atoms with Crippen molar-refractivity contribution in [3.05, 3.63) is 51.9 Å². The van der Waals surface area contributed by atoms with Crippen molar-refractivity contribution in [2.45, 2.75) is 27.7 Å². The normalized spacial score (nSPS) is 9.58. The number of aryl methyl sites for hydroxylation is 4. The molecule has 2 heterocycles. The number of pyridine rings is 2. The minimum absolute atomic E-state index is 0.576. The van der Waals surface area contributed by atoms with Crippen LogP contribution in [0.3, 0.4) is 0 Å². The quantitative estimate of drug-likeness (QED) is 0.738. The molecule has 0 aromatic carbocycles. The first kappa shape index (κ1) is 15.4. The highest BCUT2D eigenvalue weighted by Crippen LogP contribution is 2.10. The van der Waals surface area contributed by atoms with Crippen molar-refractivity contribution >= 4 is 11.6 Å². The van der Waals surface area contributed by atoms with Gasteiger partial charge >= 0.3 is 0 Å². The molecule has 0 aliphatic rings. The van der Waals surface area contributed by atoms with Gasteiger partial charge in [-0.05, 0) is 57.0 Å². The highest BCUT2D eigenvalue weighted by Gasteiger charge is 1.94. The van der Waals surface area contributed by atoms with Crippen LogP contribution < -0.4 is 4.74 Å². The fraction of sp³-hybridized carbons (Fsp3) is 0.333. The molecule has 2 rings (SSSR count). The summed E-state index contributed by atoms with van der Waals surface area (Å²) in [6.45, 7) is 7.91. The zero-order valence-electron chi connectivity index (χ0n) is 12.0. The van der Waals surface area contributed by atoms with Crippen molar-refractivity contribution in [2.24, 2.45) is 0 Å². The molecular weight excluding hydrogens is 260 g/mol. The van der Waals surface area contributed by atoms with Crippen molar-refractivity contribution in [1.29, 1.82) is 0 Å². The van der Waals surface area contributed by atoms with Crippen LogP contribution in [0.2, 0.25) is 5.15 Å². The number of aromatic nitrogens is 2. The number of nitrogens with zero attached hydrogens (tertiary/aromatic N) is 2. The van der Waals surface area contributed by atoms with E-state index in [1.54, 1.807) is 7.11 Å². The van der Waals surface area contributed by atoms with Crippen LogP contribution >= 0.6 is 11.6 Å². The Balaban J connectivity index is 0.000000191. The second kappa shape index (κ2) is 7.10. The van der Waals surface area contributed by atoms with E-state index in [9.17, 15) is 0 Å². The van der Waals surface area contributed by atoms with E-state index in [2.05, 4.69) is 9.97 Å². The van der Waals surface area contributed by atoms with E-state index in [0.29, 0.717) is 11.0 Å². The lowest BCUT2D eigenvalue weighted by molar-refractivity contribution is 0.396. The predicted octanol–water partition coefficient (Wildman–Crippen LogP) is 4.06. The Morgan fingerprint density at radius 3 is 1.79 bits per heavy atom. The summed E-state index contributed by atoms with van der Waals surface area (Å²) < 4.78 is 4.96. The first-order valence-electron chi connectivity index (χ1n) is 6.01. The molecule has 0 bridgehead atoms. The van der Waals surface area contributed by atoms with Crippen molar-refractivity contribution < 1.29 is 4.74 Å². The lowest BCUT2D eigenvalue weighted by Gasteiger charge is -2.00. The van der Waals surface area contributed by atoms with Gasteiger partial charge in [0.1, 0.15) is 5.15 Å². The molecule has 2 aromatic rings. The summed E-state index contributed by atoms with van der Waals surface area (Å²) in [5, 5.41) is 0.576. The number of hydrogen-bond acceptors (Lipinski definition) is 3. The molecule has 0 amide bonds. The first-order chi connectivity index (χ1) is 8.90. The van der Waals surface area contributed by atoms with Gasteiger partial charge in [-0.25, -0.2) is 9.97 Å². The molecule has 0 aliphatic heterocycles. The van der Waals surface area contributed by atoms with E-state index in [4.69, 9.17) is 16.3 Å². The highest BCUT2D eigenvalue weighted by atomic mass is 35.5. The zero-order chi connectivity index (χ0) is 14.4. The van der Waals surface area contributed by atoms with Crippen LogP contribution in [0, 0.1) is 27.7 Å². The molecule has 0 spiro atoms. The Hall–Kier alpha value is -1.61. The number of rotatable bonds is 1. The van der Waals surface area contributed by atoms with Gasteiger partial charge in [-0.1, -0.05) is 11.6 Å². The predicted molar refractivity (Wildman–Crippen MR) is 79.0 cm³/mol. The summed E-state index contributed by atoms with van der Waals surface area (Å²) in [5.41, 5.74) is 4.31. The molecule has 2 aromatic heterocycles. The maximum absolute atomic E-state index is 5.64. The minimum atomic E-state index is 0.576. The van der Waals surface area contributed by atoms with Gasteiger partial charge in [-0.15, -0.1) is 0 Å². The van der Waals surface area contributed by atoms with E-state index in [1.165, 1.54) is 5.56 Å². The lowest BCUT2D eigenvalue weighted by atomic mass is 10.2. The number of ether oxygens (including phenoxy) is 1. The Kier molecular flexibility index (Phi) is 5.77. The highest BCUT2D eigenvalue weighted by molar-refractivity contribution is 6.29. The standard InChI is InChI=1S/C8H11NO.C7H8ClN/c1-6-4-7(2)9-8(5-6)10-3;1-5-3-6(2)9-7(8)4-5/h4-5H,1-3H3;3-4H,1-2H3. The number of methoxy groups -OCH3 is 1. The van der Waals surface area contributed by atoms with Crippen LogP contribution in [0.5, 0.6) is 5.88 Å².